The molecule has 0 aliphatic carbocycles. The van der Waals surface area contributed by atoms with Crippen LogP contribution in [-0.4, -0.2) is 43.7 Å². The van der Waals surface area contributed by atoms with Crippen molar-refractivity contribution in [3.8, 4) is 0 Å². The van der Waals surface area contributed by atoms with Crippen LogP contribution in [0.3, 0.4) is 0 Å². The molecule has 0 unspecified atom stereocenters. The number of amides is 1. The normalized spacial score (nSPS) is 14.4. The van der Waals surface area contributed by atoms with Crippen LogP contribution in [0.2, 0.25) is 0 Å². The molecule has 3 rings (SSSR count). The number of carbonyl (C=O) groups excluding carboxylic acids is 1. The van der Waals surface area contributed by atoms with Crippen LogP contribution in [0.25, 0.3) is 0 Å². The first kappa shape index (κ1) is 16.5. The third kappa shape index (κ3) is 4.32. The average Bonchev–Trinajstić information content (AvgIpc) is 2.66. The fraction of sp³-hybridized carbons (Fsp3) is 0.368. The lowest BCUT2D eigenvalue weighted by atomic mass is 10.1. The van der Waals surface area contributed by atoms with Crippen molar-refractivity contribution >= 4 is 11.6 Å². The van der Waals surface area contributed by atoms with Gasteiger partial charge in [-0.15, -0.1) is 0 Å². The lowest BCUT2D eigenvalue weighted by Gasteiger charge is -2.30. The molecule has 1 aliphatic rings. The molecule has 5 nitrogen and oxygen atoms in total. The topological polar surface area (TPSA) is 54.5 Å². The van der Waals surface area contributed by atoms with Gasteiger partial charge in [0.05, 0.1) is 18.8 Å². The zero-order valence-corrected chi connectivity index (χ0v) is 13.8. The van der Waals surface area contributed by atoms with E-state index in [0.717, 1.165) is 42.9 Å². The second-order valence-corrected chi connectivity index (χ2v) is 5.80. The molecule has 1 amide bonds. The Morgan fingerprint density at radius 3 is 2.71 bits per heavy atom. The summed E-state index contributed by atoms with van der Waals surface area (Å²) >= 11 is 0. The molecule has 1 fully saturated rings. The van der Waals surface area contributed by atoms with Crippen LogP contribution in [0.5, 0.6) is 0 Å². The van der Waals surface area contributed by atoms with Crippen molar-refractivity contribution in [3.63, 3.8) is 0 Å². The zero-order valence-electron chi connectivity index (χ0n) is 13.8. The number of benzene rings is 1. The van der Waals surface area contributed by atoms with Crippen molar-refractivity contribution in [2.75, 3.05) is 37.7 Å². The number of aromatic nitrogens is 1. The van der Waals surface area contributed by atoms with Crippen LogP contribution >= 0.6 is 0 Å². The first-order valence-electron chi connectivity index (χ1n) is 8.44. The molecule has 1 N–H and O–H groups in total. The highest BCUT2D eigenvalue weighted by Crippen LogP contribution is 2.21. The standard InChI is InChI=1S/C19H23N3O2/c23-19(21-11-5-7-16-6-3-4-10-20-16)17-8-1-2-9-18(17)22-12-14-24-15-13-22/h1-4,6,8-10H,5,7,11-15H2,(H,21,23). The Bertz CT molecular complexity index is 655. The lowest BCUT2D eigenvalue weighted by molar-refractivity contribution is 0.0951. The van der Waals surface area contributed by atoms with Crippen LogP contribution < -0.4 is 10.2 Å². The van der Waals surface area contributed by atoms with Gasteiger partial charge < -0.3 is 15.0 Å². The molecule has 0 saturated carbocycles. The van der Waals surface area contributed by atoms with Crippen molar-refractivity contribution in [3.05, 3.63) is 59.9 Å². The molecule has 24 heavy (non-hydrogen) atoms. The predicted molar refractivity (Wildman–Crippen MR) is 94.4 cm³/mol. The number of para-hydroxylation sites is 1. The average molecular weight is 325 g/mol. The minimum Gasteiger partial charge on any atom is -0.378 e. The molecular weight excluding hydrogens is 302 g/mol. The molecule has 0 spiro atoms. The molecule has 1 saturated heterocycles. The van der Waals surface area contributed by atoms with E-state index in [1.54, 1.807) is 6.20 Å². The van der Waals surface area contributed by atoms with E-state index in [2.05, 4.69) is 15.2 Å². The second kappa shape index (κ2) is 8.45. The van der Waals surface area contributed by atoms with Crippen molar-refractivity contribution in [2.24, 2.45) is 0 Å². The summed E-state index contributed by atoms with van der Waals surface area (Å²) < 4.78 is 5.39. The van der Waals surface area contributed by atoms with Gasteiger partial charge in [0.1, 0.15) is 0 Å². The molecule has 5 heteroatoms. The molecule has 1 aromatic carbocycles. The van der Waals surface area contributed by atoms with E-state index in [-0.39, 0.29) is 5.91 Å². The lowest BCUT2D eigenvalue weighted by Crippen LogP contribution is -2.38. The third-order valence-electron chi connectivity index (χ3n) is 4.12. The second-order valence-electron chi connectivity index (χ2n) is 5.80. The predicted octanol–water partition coefficient (Wildman–Crippen LogP) is 2.28. The van der Waals surface area contributed by atoms with Gasteiger partial charge in [-0.25, -0.2) is 0 Å². The highest BCUT2D eigenvalue weighted by atomic mass is 16.5. The summed E-state index contributed by atoms with van der Waals surface area (Å²) in [5.41, 5.74) is 2.78. The molecule has 2 heterocycles. The fourth-order valence-electron chi connectivity index (χ4n) is 2.86. The van der Waals surface area contributed by atoms with Crippen molar-refractivity contribution in [2.45, 2.75) is 12.8 Å². The number of ether oxygens (including phenoxy) is 1. The van der Waals surface area contributed by atoms with Gasteiger partial charge >= 0.3 is 0 Å². The Balaban J connectivity index is 1.55. The molecular formula is C19H23N3O2. The maximum atomic E-state index is 12.5. The van der Waals surface area contributed by atoms with E-state index < -0.39 is 0 Å². The van der Waals surface area contributed by atoms with Crippen LogP contribution in [-0.2, 0) is 11.2 Å². The van der Waals surface area contributed by atoms with Gasteiger partial charge in [0.15, 0.2) is 0 Å². The monoisotopic (exact) mass is 325 g/mol. The Labute approximate surface area is 142 Å². The van der Waals surface area contributed by atoms with Crippen LogP contribution in [0, 0.1) is 0 Å². The molecule has 1 aliphatic heterocycles. The van der Waals surface area contributed by atoms with E-state index >= 15 is 0 Å². The fourth-order valence-corrected chi connectivity index (χ4v) is 2.86. The van der Waals surface area contributed by atoms with Crippen LogP contribution in [0.15, 0.2) is 48.7 Å². The number of carbonyl (C=O) groups is 1. The van der Waals surface area contributed by atoms with Gasteiger partial charge in [-0.3, -0.25) is 9.78 Å². The molecule has 2 aromatic rings. The summed E-state index contributed by atoms with van der Waals surface area (Å²) in [6, 6.07) is 13.7. The highest BCUT2D eigenvalue weighted by Gasteiger charge is 2.17. The van der Waals surface area contributed by atoms with Gasteiger partial charge in [0.2, 0.25) is 0 Å². The zero-order chi connectivity index (χ0) is 16.6. The van der Waals surface area contributed by atoms with E-state index in [1.807, 2.05) is 42.5 Å². The molecule has 1 aromatic heterocycles. The number of morpholine rings is 1. The number of rotatable bonds is 6. The van der Waals surface area contributed by atoms with Gasteiger partial charge in [0.25, 0.3) is 5.91 Å². The molecule has 126 valence electrons. The smallest absolute Gasteiger partial charge is 0.253 e. The van der Waals surface area contributed by atoms with Gasteiger partial charge in [-0.05, 0) is 37.1 Å². The minimum atomic E-state index is -0.0156. The first-order chi connectivity index (χ1) is 11.8. The van der Waals surface area contributed by atoms with E-state index in [0.29, 0.717) is 19.8 Å². The van der Waals surface area contributed by atoms with Gasteiger partial charge in [-0.1, -0.05) is 18.2 Å². The molecule has 0 atom stereocenters. The Morgan fingerprint density at radius 1 is 1.12 bits per heavy atom. The van der Waals surface area contributed by atoms with Crippen LogP contribution in [0.1, 0.15) is 22.5 Å². The SMILES string of the molecule is O=C(NCCCc1ccccn1)c1ccccc1N1CCOCC1. The Hall–Kier alpha value is -2.40. The van der Waals surface area contributed by atoms with Crippen molar-refractivity contribution in [1.82, 2.24) is 10.3 Å². The number of hydrogen-bond donors (Lipinski definition) is 1. The summed E-state index contributed by atoms with van der Waals surface area (Å²) in [6.45, 7) is 3.71. The summed E-state index contributed by atoms with van der Waals surface area (Å²) in [5, 5.41) is 3.02. The number of pyridine rings is 1. The van der Waals surface area contributed by atoms with E-state index in [1.165, 1.54) is 0 Å². The number of nitrogens with one attached hydrogen (secondary N) is 1. The summed E-state index contributed by atoms with van der Waals surface area (Å²) in [6.07, 6.45) is 3.54. The Kier molecular flexibility index (Phi) is 5.80. The first-order valence-corrected chi connectivity index (χ1v) is 8.44. The van der Waals surface area contributed by atoms with Crippen LogP contribution in [0.4, 0.5) is 5.69 Å². The van der Waals surface area contributed by atoms with E-state index in [9.17, 15) is 4.79 Å². The Morgan fingerprint density at radius 2 is 1.92 bits per heavy atom. The number of anilines is 1. The number of hydrogen-bond acceptors (Lipinski definition) is 4. The summed E-state index contributed by atoms with van der Waals surface area (Å²) in [5.74, 6) is -0.0156. The van der Waals surface area contributed by atoms with Gasteiger partial charge in [-0.2, -0.15) is 0 Å². The number of nitrogens with zero attached hydrogens (tertiary/aromatic N) is 2. The molecule has 0 bridgehead atoms. The maximum Gasteiger partial charge on any atom is 0.253 e. The number of aryl methyl sites for hydroxylation is 1. The van der Waals surface area contributed by atoms with Crippen molar-refractivity contribution in [1.29, 1.82) is 0 Å². The molecule has 0 radical (unpaired) electrons. The third-order valence-corrected chi connectivity index (χ3v) is 4.12. The summed E-state index contributed by atoms with van der Waals surface area (Å²) in [7, 11) is 0. The largest absolute Gasteiger partial charge is 0.378 e. The maximum absolute atomic E-state index is 12.5. The quantitative estimate of drug-likeness (QED) is 0.828. The van der Waals surface area contributed by atoms with Crippen molar-refractivity contribution < 1.29 is 9.53 Å². The van der Waals surface area contributed by atoms with E-state index in [4.69, 9.17) is 4.74 Å². The van der Waals surface area contributed by atoms with Gasteiger partial charge in [0, 0.05) is 37.2 Å². The highest BCUT2D eigenvalue weighted by molar-refractivity contribution is 5.99. The summed E-state index contributed by atoms with van der Waals surface area (Å²) in [4.78, 5) is 19.0. The minimum absolute atomic E-state index is 0.0156.